The third kappa shape index (κ3) is 2.91. The van der Waals surface area contributed by atoms with Gasteiger partial charge in [0.05, 0.1) is 6.04 Å². The molecule has 0 saturated carbocycles. The summed E-state index contributed by atoms with van der Waals surface area (Å²) in [6, 6.07) is 0.976. The number of hydrogen-bond acceptors (Lipinski definition) is 5. The van der Waals surface area contributed by atoms with Crippen molar-refractivity contribution in [3.05, 3.63) is 32.6 Å². The Morgan fingerprint density at radius 2 is 2.16 bits per heavy atom. The van der Waals surface area contributed by atoms with Crippen LogP contribution in [0.4, 0.5) is 0 Å². The average Bonchev–Trinajstić information content (AvgIpc) is 2.36. The van der Waals surface area contributed by atoms with Crippen LogP contribution < -0.4 is 17.0 Å². The SMILES string of the molecule is CN1CCN(C(=O)c2cc(=O)[nH]c(=O)[nH]2)C(CN)C1. The minimum absolute atomic E-state index is 0.00301. The van der Waals surface area contributed by atoms with Gasteiger partial charge in [-0.05, 0) is 7.05 Å². The molecule has 1 fully saturated rings. The van der Waals surface area contributed by atoms with Crippen molar-refractivity contribution in [3.63, 3.8) is 0 Å². The van der Waals surface area contributed by atoms with Crippen molar-refractivity contribution in [3.8, 4) is 0 Å². The highest BCUT2D eigenvalue weighted by Gasteiger charge is 2.29. The lowest BCUT2D eigenvalue weighted by Gasteiger charge is -2.39. The predicted molar refractivity (Wildman–Crippen MR) is 69.1 cm³/mol. The Morgan fingerprint density at radius 3 is 2.79 bits per heavy atom. The quantitative estimate of drug-likeness (QED) is 0.561. The van der Waals surface area contributed by atoms with E-state index < -0.39 is 11.2 Å². The van der Waals surface area contributed by atoms with Crippen LogP contribution in [0.15, 0.2) is 15.7 Å². The number of carbonyl (C=O) groups excluding carboxylic acids is 1. The molecule has 1 aliphatic heterocycles. The number of rotatable bonds is 2. The first-order chi connectivity index (χ1) is 9.01. The average molecular weight is 267 g/mol. The summed E-state index contributed by atoms with van der Waals surface area (Å²) in [6.07, 6.45) is 0. The Bertz CT molecular complexity index is 550. The highest BCUT2D eigenvalue weighted by atomic mass is 16.2. The minimum Gasteiger partial charge on any atom is -0.331 e. The molecule has 2 heterocycles. The predicted octanol–water partition coefficient (Wildman–Crippen LogP) is -2.22. The third-order valence-corrected chi connectivity index (χ3v) is 3.21. The van der Waals surface area contributed by atoms with Gasteiger partial charge in [-0.2, -0.15) is 0 Å². The van der Waals surface area contributed by atoms with Crippen LogP contribution in [-0.2, 0) is 0 Å². The summed E-state index contributed by atoms with van der Waals surface area (Å²) in [5.74, 6) is -0.369. The second kappa shape index (κ2) is 5.37. The first kappa shape index (κ1) is 13.5. The van der Waals surface area contributed by atoms with Gasteiger partial charge >= 0.3 is 5.69 Å². The van der Waals surface area contributed by atoms with Crippen molar-refractivity contribution in [2.45, 2.75) is 6.04 Å². The van der Waals surface area contributed by atoms with Crippen LogP contribution in [0, 0.1) is 0 Å². The maximum absolute atomic E-state index is 12.3. The fraction of sp³-hybridized carbons (Fsp3) is 0.545. The molecule has 1 aliphatic rings. The Labute approximate surface area is 109 Å². The van der Waals surface area contributed by atoms with Gasteiger partial charge in [0, 0.05) is 32.2 Å². The van der Waals surface area contributed by atoms with Crippen LogP contribution in [-0.4, -0.2) is 64.9 Å². The molecule has 1 unspecified atom stereocenters. The van der Waals surface area contributed by atoms with Gasteiger partial charge in [-0.3, -0.25) is 14.6 Å². The number of nitrogens with one attached hydrogen (secondary N) is 2. The van der Waals surface area contributed by atoms with Crippen LogP contribution in [0.3, 0.4) is 0 Å². The number of hydrogen-bond donors (Lipinski definition) is 3. The first-order valence-corrected chi connectivity index (χ1v) is 6.04. The maximum atomic E-state index is 12.3. The standard InChI is InChI=1S/C11H17N5O3/c1-15-2-3-16(7(5-12)6-15)10(18)8-4-9(17)14-11(19)13-8/h4,7H,2-3,5-6,12H2,1H3,(H2,13,14,17,19). The molecule has 4 N–H and O–H groups in total. The number of H-pyrrole nitrogens is 2. The number of nitrogens with two attached hydrogens (primary N) is 1. The van der Waals surface area contributed by atoms with Gasteiger partial charge < -0.3 is 20.5 Å². The minimum atomic E-state index is -0.686. The molecule has 0 radical (unpaired) electrons. The van der Waals surface area contributed by atoms with E-state index in [9.17, 15) is 14.4 Å². The van der Waals surface area contributed by atoms with Crippen molar-refractivity contribution < 1.29 is 4.79 Å². The van der Waals surface area contributed by atoms with Crippen LogP contribution in [0.1, 0.15) is 10.5 Å². The number of likely N-dealkylation sites (N-methyl/N-ethyl adjacent to an activating group) is 1. The lowest BCUT2D eigenvalue weighted by atomic mass is 10.1. The smallest absolute Gasteiger partial charge is 0.326 e. The summed E-state index contributed by atoms with van der Waals surface area (Å²) in [5.41, 5.74) is 4.39. The van der Waals surface area contributed by atoms with Gasteiger partial charge in [-0.1, -0.05) is 0 Å². The molecular formula is C11H17N5O3. The van der Waals surface area contributed by atoms with Gasteiger partial charge in [-0.15, -0.1) is 0 Å². The Morgan fingerprint density at radius 1 is 1.42 bits per heavy atom. The Balaban J connectivity index is 2.27. The van der Waals surface area contributed by atoms with Gasteiger partial charge in [0.1, 0.15) is 5.69 Å². The Hall–Kier alpha value is -1.93. The fourth-order valence-electron chi connectivity index (χ4n) is 2.22. The van der Waals surface area contributed by atoms with Gasteiger partial charge in [0.25, 0.3) is 11.5 Å². The summed E-state index contributed by atoms with van der Waals surface area (Å²) in [5, 5.41) is 0. The molecule has 104 valence electrons. The van der Waals surface area contributed by atoms with E-state index in [1.54, 1.807) is 4.90 Å². The summed E-state index contributed by atoms with van der Waals surface area (Å²) in [7, 11) is 1.96. The lowest BCUT2D eigenvalue weighted by molar-refractivity contribution is 0.0509. The van der Waals surface area contributed by atoms with E-state index in [0.717, 1.165) is 12.6 Å². The van der Waals surface area contributed by atoms with Crippen LogP contribution in [0.25, 0.3) is 0 Å². The molecule has 8 heteroatoms. The third-order valence-electron chi connectivity index (χ3n) is 3.21. The van der Waals surface area contributed by atoms with Gasteiger partial charge in [-0.25, -0.2) is 4.79 Å². The van der Waals surface area contributed by atoms with Crippen molar-refractivity contribution >= 4 is 5.91 Å². The van der Waals surface area contributed by atoms with Gasteiger partial charge in [0.2, 0.25) is 0 Å². The van der Waals surface area contributed by atoms with Crippen molar-refractivity contribution in [1.82, 2.24) is 19.8 Å². The van der Waals surface area contributed by atoms with Crippen LogP contribution >= 0.6 is 0 Å². The monoisotopic (exact) mass is 267 g/mol. The summed E-state index contributed by atoms with van der Waals surface area (Å²) in [6.45, 7) is 2.26. The van der Waals surface area contributed by atoms with Gasteiger partial charge in [0.15, 0.2) is 0 Å². The molecule has 0 aromatic carbocycles. The van der Waals surface area contributed by atoms with Crippen LogP contribution in [0.5, 0.6) is 0 Å². The number of piperazine rings is 1. The molecule has 8 nitrogen and oxygen atoms in total. The molecule has 1 amide bonds. The molecule has 2 rings (SSSR count). The normalized spacial score (nSPS) is 20.5. The topological polar surface area (TPSA) is 115 Å². The number of amides is 1. The van der Waals surface area contributed by atoms with E-state index in [1.807, 2.05) is 12.0 Å². The molecule has 1 aromatic rings. The second-order valence-electron chi connectivity index (χ2n) is 4.65. The van der Waals surface area contributed by atoms with E-state index in [-0.39, 0.29) is 17.6 Å². The van der Waals surface area contributed by atoms with E-state index in [2.05, 4.69) is 9.88 Å². The summed E-state index contributed by atoms with van der Waals surface area (Å²) in [4.78, 5) is 42.8. The molecule has 1 atom stereocenters. The molecule has 0 aliphatic carbocycles. The molecule has 1 saturated heterocycles. The van der Waals surface area contributed by atoms with E-state index >= 15 is 0 Å². The number of nitrogens with zero attached hydrogens (tertiary/aromatic N) is 2. The zero-order chi connectivity index (χ0) is 14.0. The molecule has 19 heavy (non-hydrogen) atoms. The second-order valence-corrected chi connectivity index (χ2v) is 4.65. The molecule has 1 aromatic heterocycles. The largest absolute Gasteiger partial charge is 0.331 e. The fourth-order valence-corrected chi connectivity index (χ4v) is 2.22. The molecular weight excluding hydrogens is 250 g/mol. The lowest BCUT2D eigenvalue weighted by Crippen LogP contribution is -2.57. The first-order valence-electron chi connectivity index (χ1n) is 6.04. The number of carbonyl (C=O) groups is 1. The molecule has 0 bridgehead atoms. The number of aromatic nitrogens is 2. The zero-order valence-electron chi connectivity index (χ0n) is 10.7. The van der Waals surface area contributed by atoms with Crippen molar-refractivity contribution in [2.75, 3.05) is 33.2 Å². The van der Waals surface area contributed by atoms with E-state index in [1.165, 1.54) is 0 Å². The van der Waals surface area contributed by atoms with Crippen molar-refractivity contribution in [2.24, 2.45) is 5.73 Å². The highest BCUT2D eigenvalue weighted by molar-refractivity contribution is 5.92. The maximum Gasteiger partial charge on any atom is 0.326 e. The number of aromatic amines is 2. The van der Waals surface area contributed by atoms with Crippen molar-refractivity contribution in [1.29, 1.82) is 0 Å². The summed E-state index contributed by atoms with van der Waals surface area (Å²) < 4.78 is 0. The molecule has 0 spiro atoms. The Kier molecular flexibility index (Phi) is 3.82. The zero-order valence-corrected chi connectivity index (χ0v) is 10.7. The highest BCUT2D eigenvalue weighted by Crippen LogP contribution is 2.10. The van der Waals surface area contributed by atoms with Crippen LogP contribution in [0.2, 0.25) is 0 Å². The van der Waals surface area contributed by atoms with E-state index in [0.29, 0.717) is 19.6 Å². The summed E-state index contributed by atoms with van der Waals surface area (Å²) >= 11 is 0. The van der Waals surface area contributed by atoms with E-state index in [4.69, 9.17) is 5.73 Å².